The Hall–Kier alpha value is -2.89. The number of carbonyl (C=O) groups is 3. The highest BCUT2D eigenvalue weighted by Crippen LogP contribution is 2.52. The Kier molecular flexibility index (Phi) is 3.13. The SMILES string of the molecule is O=C(O)C(Cc1cc2ccccc2[nH]1)N1C(=O)C2C3C=CC(C3)C2C1=O. The first-order chi connectivity index (χ1) is 12.5. The van der Waals surface area contributed by atoms with Crippen LogP contribution in [0.4, 0.5) is 0 Å². The van der Waals surface area contributed by atoms with E-state index >= 15 is 0 Å². The molecule has 1 saturated carbocycles. The molecule has 0 spiro atoms. The van der Waals surface area contributed by atoms with Gasteiger partial charge >= 0.3 is 5.97 Å². The predicted molar refractivity (Wildman–Crippen MR) is 93.0 cm³/mol. The minimum Gasteiger partial charge on any atom is -0.480 e. The molecule has 5 unspecified atom stereocenters. The molecule has 6 heteroatoms. The van der Waals surface area contributed by atoms with E-state index in [4.69, 9.17) is 0 Å². The maximum Gasteiger partial charge on any atom is 0.327 e. The molecule has 1 aromatic heterocycles. The number of carboxylic acids is 1. The number of amides is 2. The van der Waals surface area contributed by atoms with E-state index < -0.39 is 12.0 Å². The number of carboxylic acid groups (broad SMARTS) is 1. The summed E-state index contributed by atoms with van der Waals surface area (Å²) in [5, 5.41) is 10.7. The van der Waals surface area contributed by atoms with Gasteiger partial charge in [0, 0.05) is 17.6 Å². The van der Waals surface area contributed by atoms with Gasteiger partial charge in [-0.15, -0.1) is 0 Å². The topological polar surface area (TPSA) is 90.5 Å². The summed E-state index contributed by atoms with van der Waals surface area (Å²) in [4.78, 5) is 41.9. The zero-order valence-electron chi connectivity index (χ0n) is 14.0. The molecule has 2 heterocycles. The summed E-state index contributed by atoms with van der Waals surface area (Å²) in [5.74, 6) is -2.38. The van der Waals surface area contributed by atoms with Gasteiger partial charge in [-0.25, -0.2) is 4.79 Å². The van der Waals surface area contributed by atoms with Crippen molar-refractivity contribution in [1.82, 2.24) is 9.88 Å². The third-order valence-corrected chi connectivity index (χ3v) is 6.10. The van der Waals surface area contributed by atoms with E-state index in [0.717, 1.165) is 22.2 Å². The molecule has 2 aromatic rings. The third-order valence-electron chi connectivity index (χ3n) is 6.10. The van der Waals surface area contributed by atoms with Crippen LogP contribution in [0.5, 0.6) is 0 Å². The molecule has 6 nitrogen and oxygen atoms in total. The Morgan fingerprint density at radius 3 is 2.42 bits per heavy atom. The van der Waals surface area contributed by atoms with Crippen LogP contribution in [0.15, 0.2) is 42.5 Å². The molecule has 5 rings (SSSR count). The summed E-state index contributed by atoms with van der Waals surface area (Å²) in [5.41, 5.74) is 1.61. The number of likely N-dealkylation sites (tertiary alicyclic amines) is 1. The van der Waals surface area contributed by atoms with Gasteiger partial charge < -0.3 is 10.1 Å². The molecule has 2 bridgehead atoms. The molecule has 132 valence electrons. The summed E-state index contributed by atoms with van der Waals surface area (Å²) in [6.45, 7) is 0. The number of allylic oxidation sites excluding steroid dienone is 2. The van der Waals surface area contributed by atoms with E-state index in [0.29, 0.717) is 5.69 Å². The van der Waals surface area contributed by atoms with Crippen molar-refractivity contribution in [3.63, 3.8) is 0 Å². The van der Waals surface area contributed by atoms with E-state index in [2.05, 4.69) is 4.98 Å². The minimum atomic E-state index is -1.17. The van der Waals surface area contributed by atoms with Crippen molar-refractivity contribution in [2.24, 2.45) is 23.7 Å². The first-order valence-electron chi connectivity index (χ1n) is 8.89. The lowest BCUT2D eigenvalue weighted by Gasteiger charge is -2.24. The third kappa shape index (κ3) is 2.01. The fourth-order valence-corrected chi connectivity index (χ4v) is 4.97. The Morgan fingerprint density at radius 1 is 1.15 bits per heavy atom. The van der Waals surface area contributed by atoms with Crippen molar-refractivity contribution in [3.8, 4) is 0 Å². The van der Waals surface area contributed by atoms with Gasteiger partial charge in [0.05, 0.1) is 11.8 Å². The second-order valence-corrected chi connectivity index (χ2v) is 7.49. The molecule has 5 atom stereocenters. The number of H-pyrrole nitrogens is 1. The lowest BCUT2D eigenvalue weighted by molar-refractivity contribution is -0.155. The number of aromatic nitrogens is 1. The summed E-state index contributed by atoms with van der Waals surface area (Å²) in [6.07, 6.45) is 4.94. The molecule has 2 aliphatic carbocycles. The largest absolute Gasteiger partial charge is 0.480 e. The predicted octanol–water partition coefficient (Wildman–Crippen LogP) is 1.97. The molecule has 1 saturated heterocycles. The van der Waals surface area contributed by atoms with Crippen molar-refractivity contribution in [2.45, 2.75) is 18.9 Å². The number of para-hydroxylation sites is 1. The average Bonchev–Trinajstić information content (AvgIpc) is 3.36. The fraction of sp³-hybridized carbons (Fsp3) is 0.350. The van der Waals surface area contributed by atoms with Crippen LogP contribution in [0.1, 0.15) is 12.1 Å². The molecule has 1 aliphatic heterocycles. The fourth-order valence-electron chi connectivity index (χ4n) is 4.97. The smallest absolute Gasteiger partial charge is 0.327 e. The van der Waals surface area contributed by atoms with Crippen molar-refractivity contribution < 1.29 is 19.5 Å². The zero-order valence-corrected chi connectivity index (χ0v) is 14.0. The zero-order chi connectivity index (χ0) is 18.0. The van der Waals surface area contributed by atoms with Gasteiger partial charge in [-0.1, -0.05) is 30.4 Å². The van der Waals surface area contributed by atoms with E-state index in [1.165, 1.54) is 0 Å². The van der Waals surface area contributed by atoms with Crippen molar-refractivity contribution in [3.05, 3.63) is 48.2 Å². The molecule has 2 N–H and O–H groups in total. The lowest BCUT2D eigenvalue weighted by Crippen LogP contribution is -2.47. The van der Waals surface area contributed by atoms with Crippen LogP contribution in [0.3, 0.4) is 0 Å². The number of hydrogen-bond donors (Lipinski definition) is 2. The van der Waals surface area contributed by atoms with Gasteiger partial charge in [-0.3, -0.25) is 14.5 Å². The van der Waals surface area contributed by atoms with Crippen LogP contribution >= 0.6 is 0 Å². The number of benzene rings is 1. The van der Waals surface area contributed by atoms with Crippen LogP contribution in [0.2, 0.25) is 0 Å². The highest BCUT2D eigenvalue weighted by atomic mass is 16.4. The summed E-state index contributed by atoms with van der Waals surface area (Å²) in [7, 11) is 0. The van der Waals surface area contributed by atoms with E-state index in [9.17, 15) is 19.5 Å². The van der Waals surface area contributed by atoms with E-state index in [1.807, 2.05) is 42.5 Å². The van der Waals surface area contributed by atoms with Gasteiger partial charge in [0.25, 0.3) is 0 Å². The van der Waals surface area contributed by atoms with Crippen LogP contribution < -0.4 is 0 Å². The van der Waals surface area contributed by atoms with Crippen LogP contribution in [0, 0.1) is 23.7 Å². The standard InChI is InChI=1S/C20H18N2O4/c23-18-16-11-5-6-12(7-11)17(16)19(24)22(18)15(20(25)26)9-13-8-10-3-1-2-4-14(10)21-13/h1-6,8,11-12,15-17,21H,7,9H2,(H,25,26). The number of imide groups is 1. The second kappa shape index (κ2) is 5.30. The molecule has 3 aliphatic rings. The van der Waals surface area contributed by atoms with Crippen LogP contribution in [-0.2, 0) is 20.8 Å². The normalized spacial score (nSPS) is 30.4. The number of nitrogens with one attached hydrogen (secondary N) is 1. The minimum absolute atomic E-state index is 0.0778. The van der Waals surface area contributed by atoms with Gasteiger partial charge in [-0.2, -0.15) is 0 Å². The molecular formula is C20H18N2O4. The van der Waals surface area contributed by atoms with Gasteiger partial charge in [0.15, 0.2) is 0 Å². The Bertz CT molecular complexity index is 912. The maximum atomic E-state index is 12.9. The average molecular weight is 350 g/mol. The van der Waals surface area contributed by atoms with E-state index in [1.54, 1.807) is 0 Å². The molecule has 26 heavy (non-hydrogen) atoms. The number of nitrogens with zero attached hydrogens (tertiary/aromatic N) is 1. The highest BCUT2D eigenvalue weighted by Gasteiger charge is 2.61. The molecule has 1 aromatic carbocycles. The van der Waals surface area contributed by atoms with Gasteiger partial charge in [0.2, 0.25) is 11.8 Å². The Labute approximate surface area is 149 Å². The Morgan fingerprint density at radius 2 is 1.81 bits per heavy atom. The van der Waals surface area contributed by atoms with Crippen molar-refractivity contribution in [1.29, 1.82) is 0 Å². The number of hydrogen-bond acceptors (Lipinski definition) is 3. The number of fused-ring (bicyclic) bond motifs is 6. The Balaban J connectivity index is 1.47. The number of rotatable bonds is 4. The van der Waals surface area contributed by atoms with Crippen molar-refractivity contribution >= 4 is 28.7 Å². The first-order valence-corrected chi connectivity index (χ1v) is 8.89. The maximum absolute atomic E-state index is 12.9. The molecule has 2 amide bonds. The first kappa shape index (κ1) is 15.4. The quantitative estimate of drug-likeness (QED) is 0.652. The summed E-state index contributed by atoms with van der Waals surface area (Å²) >= 11 is 0. The van der Waals surface area contributed by atoms with Crippen molar-refractivity contribution in [2.75, 3.05) is 0 Å². The van der Waals surface area contributed by atoms with Crippen LogP contribution in [-0.4, -0.2) is 38.8 Å². The van der Waals surface area contributed by atoms with E-state index in [-0.39, 0.29) is 41.9 Å². The lowest BCUT2D eigenvalue weighted by atomic mass is 9.85. The number of aliphatic carboxylic acids is 1. The molecular weight excluding hydrogens is 332 g/mol. The van der Waals surface area contributed by atoms with Gasteiger partial charge in [0.1, 0.15) is 6.04 Å². The summed E-state index contributed by atoms with van der Waals surface area (Å²) < 4.78 is 0. The monoisotopic (exact) mass is 350 g/mol. The summed E-state index contributed by atoms with van der Waals surface area (Å²) in [6, 6.07) is 8.36. The number of carbonyl (C=O) groups excluding carboxylic acids is 2. The molecule has 0 radical (unpaired) electrons. The second-order valence-electron chi connectivity index (χ2n) is 7.49. The van der Waals surface area contributed by atoms with Crippen LogP contribution in [0.25, 0.3) is 10.9 Å². The molecule has 2 fully saturated rings. The number of aromatic amines is 1. The van der Waals surface area contributed by atoms with Gasteiger partial charge in [-0.05, 0) is 35.8 Å². The highest BCUT2D eigenvalue weighted by molar-refractivity contribution is 6.08.